The third kappa shape index (κ3) is 5.61. The van der Waals surface area contributed by atoms with E-state index in [-0.39, 0.29) is 18.4 Å². The largest absolute Gasteiger partial charge is 0.493 e. The summed E-state index contributed by atoms with van der Waals surface area (Å²) in [5.41, 5.74) is 6.54. The molecular weight excluding hydrogens is 272 g/mol. The lowest BCUT2D eigenvalue weighted by molar-refractivity contribution is -0.123. The molecule has 6 nitrogen and oxygen atoms in total. The minimum absolute atomic E-state index is 0.0622. The van der Waals surface area contributed by atoms with Crippen LogP contribution >= 0.6 is 0 Å². The van der Waals surface area contributed by atoms with Gasteiger partial charge in [0, 0.05) is 20.2 Å². The Bertz CT molecular complexity index is 447. The van der Waals surface area contributed by atoms with E-state index in [0.29, 0.717) is 31.0 Å². The highest BCUT2D eigenvalue weighted by Crippen LogP contribution is 2.27. The first kappa shape index (κ1) is 17.3. The van der Waals surface area contributed by atoms with E-state index in [9.17, 15) is 4.79 Å². The second-order valence-electron chi connectivity index (χ2n) is 4.59. The first-order chi connectivity index (χ1) is 10.1. The molecular formula is C15H24N2O4. The van der Waals surface area contributed by atoms with Crippen LogP contribution in [0.4, 0.5) is 0 Å². The summed E-state index contributed by atoms with van der Waals surface area (Å²) in [6, 6.07) is 5.71. The lowest BCUT2D eigenvalue weighted by atomic mass is 10.1. The highest BCUT2D eigenvalue weighted by molar-refractivity contribution is 5.76. The predicted octanol–water partition coefficient (Wildman–Crippen LogP) is 0.726. The minimum Gasteiger partial charge on any atom is -0.493 e. The van der Waals surface area contributed by atoms with Crippen molar-refractivity contribution in [1.82, 2.24) is 5.32 Å². The van der Waals surface area contributed by atoms with Crippen LogP contribution in [0.3, 0.4) is 0 Å². The van der Waals surface area contributed by atoms with Gasteiger partial charge in [0.25, 0.3) is 0 Å². The molecule has 0 aliphatic carbocycles. The zero-order chi connectivity index (χ0) is 15.7. The maximum atomic E-state index is 11.7. The SMILES string of the molecule is COc1ccc(CCNC(=O)CC(CN)OC)cc1OC. The maximum absolute atomic E-state index is 11.7. The van der Waals surface area contributed by atoms with E-state index in [0.717, 1.165) is 5.56 Å². The van der Waals surface area contributed by atoms with E-state index in [2.05, 4.69) is 5.32 Å². The van der Waals surface area contributed by atoms with Gasteiger partial charge in [-0.15, -0.1) is 0 Å². The van der Waals surface area contributed by atoms with Crippen LogP contribution in [0.5, 0.6) is 11.5 Å². The number of hydrogen-bond acceptors (Lipinski definition) is 5. The third-order valence-electron chi connectivity index (χ3n) is 3.19. The van der Waals surface area contributed by atoms with Gasteiger partial charge in [0.2, 0.25) is 5.91 Å². The van der Waals surface area contributed by atoms with Crippen molar-refractivity contribution in [3.05, 3.63) is 23.8 Å². The van der Waals surface area contributed by atoms with Crippen LogP contribution in [-0.2, 0) is 16.0 Å². The van der Waals surface area contributed by atoms with E-state index in [4.69, 9.17) is 19.9 Å². The molecule has 3 N–H and O–H groups in total. The molecule has 1 aromatic rings. The molecule has 21 heavy (non-hydrogen) atoms. The van der Waals surface area contributed by atoms with Crippen LogP contribution in [0.15, 0.2) is 18.2 Å². The Morgan fingerprint density at radius 3 is 2.52 bits per heavy atom. The minimum atomic E-state index is -0.230. The summed E-state index contributed by atoms with van der Waals surface area (Å²) in [7, 11) is 4.75. The number of carbonyl (C=O) groups excluding carboxylic acids is 1. The maximum Gasteiger partial charge on any atom is 0.222 e. The fourth-order valence-corrected chi connectivity index (χ4v) is 1.92. The number of hydrogen-bond donors (Lipinski definition) is 2. The normalized spacial score (nSPS) is 11.8. The highest BCUT2D eigenvalue weighted by Gasteiger charge is 2.11. The summed E-state index contributed by atoms with van der Waals surface area (Å²) >= 11 is 0. The van der Waals surface area contributed by atoms with Crippen molar-refractivity contribution in [2.45, 2.75) is 18.9 Å². The van der Waals surface area contributed by atoms with Crippen LogP contribution in [0.25, 0.3) is 0 Å². The standard InChI is InChI=1S/C15H24N2O4/c1-19-12(10-16)9-15(18)17-7-6-11-4-5-13(20-2)14(8-11)21-3/h4-5,8,12H,6-7,9-10,16H2,1-3H3,(H,17,18). The van der Waals surface area contributed by atoms with Crippen molar-refractivity contribution in [3.8, 4) is 11.5 Å². The monoisotopic (exact) mass is 296 g/mol. The average Bonchev–Trinajstić information content (AvgIpc) is 2.52. The lowest BCUT2D eigenvalue weighted by Crippen LogP contribution is -2.33. The molecule has 6 heteroatoms. The first-order valence-electron chi connectivity index (χ1n) is 6.85. The van der Waals surface area contributed by atoms with E-state index in [1.807, 2.05) is 18.2 Å². The molecule has 0 aromatic heterocycles. The molecule has 1 amide bonds. The van der Waals surface area contributed by atoms with Crippen molar-refractivity contribution < 1.29 is 19.0 Å². The molecule has 118 valence electrons. The number of nitrogens with two attached hydrogens (primary N) is 1. The predicted molar refractivity (Wildman–Crippen MR) is 80.7 cm³/mol. The fourth-order valence-electron chi connectivity index (χ4n) is 1.92. The highest BCUT2D eigenvalue weighted by atomic mass is 16.5. The molecule has 0 bridgehead atoms. The molecule has 0 saturated carbocycles. The summed E-state index contributed by atoms with van der Waals surface area (Å²) in [4.78, 5) is 11.7. The van der Waals surface area contributed by atoms with E-state index < -0.39 is 0 Å². The Kier molecular flexibility index (Phi) is 7.56. The quantitative estimate of drug-likeness (QED) is 0.702. The second-order valence-corrected chi connectivity index (χ2v) is 4.59. The van der Waals surface area contributed by atoms with Crippen LogP contribution in [0, 0.1) is 0 Å². The zero-order valence-electron chi connectivity index (χ0n) is 12.8. The van der Waals surface area contributed by atoms with Crippen LogP contribution in [0.1, 0.15) is 12.0 Å². The molecule has 0 fully saturated rings. The number of methoxy groups -OCH3 is 3. The Balaban J connectivity index is 2.43. The number of carbonyl (C=O) groups is 1. The molecule has 0 aliphatic heterocycles. The number of nitrogens with one attached hydrogen (secondary N) is 1. The summed E-state index contributed by atoms with van der Waals surface area (Å²) in [5, 5.41) is 2.85. The zero-order valence-corrected chi connectivity index (χ0v) is 12.8. The Morgan fingerprint density at radius 1 is 1.24 bits per heavy atom. The van der Waals surface area contributed by atoms with Crippen LogP contribution in [0.2, 0.25) is 0 Å². The van der Waals surface area contributed by atoms with Gasteiger partial charge in [-0.1, -0.05) is 6.07 Å². The Hall–Kier alpha value is -1.79. The molecule has 0 aliphatic rings. The smallest absolute Gasteiger partial charge is 0.222 e. The summed E-state index contributed by atoms with van der Waals surface area (Å²) in [6.45, 7) is 0.884. The van der Waals surface area contributed by atoms with Crippen molar-refractivity contribution >= 4 is 5.91 Å². The number of amides is 1. The molecule has 1 unspecified atom stereocenters. The Labute approximate surface area is 125 Å². The van der Waals surface area contributed by atoms with Gasteiger partial charge in [-0.2, -0.15) is 0 Å². The van der Waals surface area contributed by atoms with Crippen molar-refractivity contribution in [3.63, 3.8) is 0 Å². The van der Waals surface area contributed by atoms with Crippen molar-refractivity contribution in [2.75, 3.05) is 34.4 Å². The number of ether oxygens (including phenoxy) is 3. The topological polar surface area (TPSA) is 82.8 Å². The van der Waals surface area contributed by atoms with E-state index in [1.165, 1.54) is 0 Å². The third-order valence-corrected chi connectivity index (χ3v) is 3.19. The first-order valence-corrected chi connectivity index (χ1v) is 6.85. The van der Waals surface area contributed by atoms with Gasteiger partial charge in [0.1, 0.15) is 0 Å². The van der Waals surface area contributed by atoms with Gasteiger partial charge in [-0.25, -0.2) is 0 Å². The van der Waals surface area contributed by atoms with Gasteiger partial charge in [0.05, 0.1) is 26.7 Å². The van der Waals surface area contributed by atoms with E-state index in [1.54, 1.807) is 21.3 Å². The summed E-state index contributed by atoms with van der Waals surface area (Å²) in [5.74, 6) is 1.31. The van der Waals surface area contributed by atoms with Gasteiger partial charge >= 0.3 is 0 Å². The van der Waals surface area contributed by atoms with Crippen LogP contribution in [-0.4, -0.2) is 46.4 Å². The van der Waals surface area contributed by atoms with Crippen LogP contribution < -0.4 is 20.5 Å². The van der Waals surface area contributed by atoms with Gasteiger partial charge < -0.3 is 25.3 Å². The fraction of sp³-hybridized carbons (Fsp3) is 0.533. The molecule has 0 radical (unpaired) electrons. The Morgan fingerprint density at radius 2 is 1.95 bits per heavy atom. The number of benzene rings is 1. The van der Waals surface area contributed by atoms with E-state index >= 15 is 0 Å². The second kappa shape index (κ2) is 9.20. The van der Waals surface area contributed by atoms with Gasteiger partial charge in [-0.3, -0.25) is 4.79 Å². The molecule has 1 aromatic carbocycles. The van der Waals surface area contributed by atoms with Gasteiger partial charge in [-0.05, 0) is 24.1 Å². The molecule has 0 spiro atoms. The number of rotatable bonds is 9. The molecule has 0 heterocycles. The molecule has 1 rings (SSSR count). The van der Waals surface area contributed by atoms with Crippen molar-refractivity contribution in [2.24, 2.45) is 5.73 Å². The summed E-state index contributed by atoms with van der Waals surface area (Å²) in [6.07, 6.45) is 0.761. The molecule has 0 saturated heterocycles. The lowest BCUT2D eigenvalue weighted by Gasteiger charge is -2.13. The van der Waals surface area contributed by atoms with Crippen molar-refractivity contribution in [1.29, 1.82) is 0 Å². The average molecular weight is 296 g/mol. The van der Waals surface area contributed by atoms with Gasteiger partial charge in [0.15, 0.2) is 11.5 Å². The molecule has 1 atom stereocenters. The summed E-state index contributed by atoms with van der Waals surface area (Å²) < 4.78 is 15.5.